The molecule has 112 valence electrons. The molecule has 0 atom stereocenters. The van der Waals surface area contributed by atoms with Crippen LogP contribution in [0.3, 0.4) is 0 Å². The minimum atomic E-state index is 0.718. The summed E-state index contributed by atoms with van der Waals surface area (Å²) in [5.74, 6) is 1.70. The van der Waals surface area contributed by atoms with Gasteiger partial charge in [-0.15, -0.1) is 10.2 Å². The Balaban J connectivity index is 1.75. The summed E-state index contributed by atoms with van der Waals surface area (Å²) in [4.78, 5) is 0. The summed E-state index contributed by atoms with van der Waals surface area (Å²) in [5.41, 5.74) is 2.26. The highest BCUT2D eigenvalue weighted by Crippen LogP contribution is 2.26. The number of thioether (sulfide) groups is 1. The fraction of sp³-hybridized carbons (Fsp3) is 0.125. The van der Waals surface area contributed by atoms with E-state index < -0.39 is 0 Å². The Labute approximate surface area is 146 Å². The zero-order valence-corrected chi connectivity index (χ0v) is 15.0. The predicted molar refractivity (Wildman–Crippen MR) is 95.2 cm³/mol. The second kappa shape index (κ2) is 6.86. The Bertz CT molecular complexity index is 769. The van der Waals surface area contributed by atoms with Crippen LogP contribution in [0.25, 0.3) is 11.4 Å². The Hall–Kier alpha value is -1.30. The van der Waals surface area contributed by atoms with Crippen LogP contribution in [-0.4, -0.2) is 14.8 Å². The van der Waals surface area contributed by atoms with Gasteiger partial charge in [0.2, 0.25) is 0 Å². The molecule has 3 rings (SSSR count). The SMILES string of the molecule is Cn1c(SCc2ccc(Br)cc2)nnc1-c1ccc(Cl)cc1. The van der Waals surface area contributed by atoms with Gasteiger partial charge in [0.25, 0.3) is 0 Å². The molecular weight excluding hydrogens is 382 g/mol. The Morgan fingerprint density at radius 3 is 2.41 bits per heavy atom. The third kappa shape index (κ3) is 3.54. The van der Waals surface area contributed by atoms with E-state index in [2.05, 4.69) is 38.3 Å². The average molecular weight is 395 g/mol. The molecule has 0 amide bonds. The minimum Gasteiger partial charge on any atom is -0.305 e. The predicted octanol–water partition coefficient (Wildman–Crippen LogP) is 5.19. The summed E-state index contributed by atoms with van der Waals surface area (Å²) in [6.45, 7) is 0. The molecule has 2 aromatic carbocycles. The van der Waals surface area contributed by atoms with Gasteiger partial charge in [-0.1, -0.05) is 51.4 Å². The Morgan fingerprint density at radius 1 is 1.05 bits per heavy atom. The van der Waals surface area contributed by atoms with E-state index in [0.29, 0.717) is 0 Å². The normalized spacial score (nSPS) is 10.9. The lowest BCUT2D eigenvalue weighted by Gasteiger charge is -2.04. The standard InChI is InChI=1S/C16H13BrClN3S/c1-21-15(12-4-8-14(18)9-5-12)19-20-16(21)22-10-11-2-6-13(17)7-3-11/h2-9H,10H2,1H3. The molecule has 0 aliphatic carbocycles. The first-order chi connectivity index (χ1) is 10.6. The molecule has 3 aromatic rings. The van der Waals surface area contributed by atoms with Crippen molar-refractivity contribution in [1.29, 1.82) is 0 Å². The molecule has 3 nitrogen and oxygen atoms in total. The fourth-order valence-electron chi connectivity index (χ4n) is 2.02. The third-order valence-electron chi connectivity index (χ3n) is 3.22. The van der Waals surface area contributed by atoms with Gasteiger partial charge in [-0.2, -0.15) is 0 Å². The van der Waals surface area contributed by atoms with Crippen LogP contribution in [0, 0.1) is 0 Å². The number of hydrogen-bond donors (Lipinski definition) is 0. The maximum absolute atomic E-state index is 5.92. The van der Waals surface area contributed by atoms with Gasteiger partial charge in [0.15, 0.2) is 11.0 Å². The van der Waals surface area contributed by atoms with Crippen LogP contribution in [0.4, 0.5) is 0 Å². The zero-order valence-electron chi connectivity index (χ0n) is 11.8. The van der Waals surface area contributed by atoms with E-state index in [9.17, 15) is 0 Å². The summed E-state index contributed by atoms with van der Waals surface area (Å²) in [6, 6.07) is 15.9. The zero-order chi connectivity index (χ0) is 15.5. The molecular formula is C16H13BrClN3S. The molecule has 1 aromatic heterocycles. The number of halogens is 2. The van der Waals surface area contributed by atoms with Crippen molar-refractivity contribution in [3.05, 3.63) is 63.6 Å². The van der Waals surface area contributed by atoms with Crippen molar-refractivity contribution in [3.63, 3.8) is 0 Å². The molecule has 0 N–H and O–H groups in total. The third-order valence-corrected chi connectivity index (χ3v) is 5.09. The van der Waals surface area contributed by atoms with Gasteiger partial charge in [0.05, 0.1) is 0 Å². The second-order valence-electron chi connectivity index (χ2n) is 4.79. The van der Waals surface area contributed by atoms with Gasteiger partial charge >= 0.3 is 0 Å². The summed E-state index contributed by atoms with van der Waals surface area (Å²) in [7, 11) is 1.98. The number of benzene rings is 2. The number of aromatic nitrogens is 3. The van der Waals surface area contributed by atoms with Gasteiger partial charge in [-0.25, -0.2) is 0 Å². The van der Waals surface area contributed by atoms with Crippen LogP contribution in [-0.2, 0) is 12.8 Å². The molecule has 1 heterocycles. The lowest BCUT2D eigenvalue weighted by atomic mass is 10.2. The molecule has 22 heavy (non-hydrogen) atoms. The number of hydrogen-bond acceptors (Lipinski definition) is 3. The molecule has 0 saturated carbocycles. The molecule has 0 aliphatic heterocycles. The van der Waals surface area contributed by atoms with Crippen LogP contribution >= 0.6 is 39.3 Å². The Morgan fingerprint density at radius 2 is 1.73 bits per heavy atom. The second-order valence-corrected chi connectivity index (χ2v) is 7.08. The quantitative estimate of drug-likeness (QED) is 0.570. The van der Waals surface area contributed by atoms with Crippen LogP contribution in [0.15, 0.2) is 58.2 Å². The van der Waals surface area contributed by atoms with Gasteiger partial charge < -0.3 is 4.57 Å². The van der Waals surface area contributed by atoms with Gasteiger partial charge in [0.1, 0.15) is 0 Å². The molecule has 0 unspecified atom stereocenters. The van der Waals surface area contributed by atoms with Crippen molar-refractivity contribution in [2.24, 2.45) is 7.05 Å². The summed E-state index contributed by atoms with van der Waals surface area (Å²) in [6.07, 6.45) is 0. The molecule has 0 saturated heterocycles. The first-order valence-corrected chi connectivity index (χ1v) is 8.82. The molecule has 0 fully saturated rings. The van der Waals surface area contributed by atoms with Gasteiger partial charge in [-0.3, -0.25) is 0 Å². The molecule has 0 aliphatic rings. The van der Waals surface area contributed by atoms with Crippen molar-refractivity contribution >= 4 is 39.3 Å². The lowest BCUT2D eigenvalue weighted by molar-refractivity contribution is 0.794. The largest absolute Gasteiger partial charge is 0.305 e. The highest BCUT2D eigenvalue weighted by atomic mass is 79.9. The van der Waals surface area contributed by atoms with Gasteiger partial charge in [0, 0.05) is 27.9 Å². The minimum absolute atomic E-state index is 0.718. The fourth-order valence-corrected chi connectivity index (χ4v) is 3.28. The molecule has 6 heteroatoms. The molecule has 0 spiro atoms. The Kier molecular flexibility index (Phi) is 4.86. The van der Waals surface area contributed by atoms with E-state index in [0.717, 1.165) is 31.8 Å². The van der Waals surface area contributed by atoms with Crippen molar-refractivity contribution in [1.82, 2.24) is 14.8 Å². The van der Waals surface area contributed by atoms with Crippen LogP contribution < -0.4 is 0 Å². The molecule has 0 radical (unpaired) electrons. The van der Waals surface area contributed by atoms with E-state index in [4.69, 9.17) is 11.6 Å². The van der Waals surface area contributed by atoms with E-state index >= 15 is 0 Å². The summed E-state index contributed by atoms with van der Waals surface area (Å²) < 4.78 is 3.09. The van der Waals surface area contributed by atoms with E-state index in [-0.39, 0.29) is 0 Å². The van der Waals surface area contributed by atoms with E-state index in [1.807, 2.05) is 48.0 Å². The smallest absolute Gasteiger partial charge is 0.191 e. The highest BCUT2D eigenvalue weighted by molar-refractivity contribution is 9.10. The summed E-state index contributed by atoms with van der Waals surface area (Å²) >= 11 is 11.0. The topological polar surface area (TPSA) is 30.7 Å². The lowest BCUT2D eigenvalue weighted by Crippen LogP contribution is -1.95. The first kappa shape index (κ1) is 15.6. The van der Waals surface area contributed by atoms with Crippen molar-refractivity contribution in [3.8, 4) is 11.4 Å². The van der Waals surface area contributed by atoms with Crippen molar-refractivity contribution in [2.45, 2.75) is 10.9 Å². The van der Waals surface area contributed by atoms with Gasteiger partial charge in [-0.05, 0) is 42.0 Å². The summed E-state index contributed by atoms with van der Waals surface area (Å²) in [5, 5.41) is 10.2. The van der Waals surface area contributed by atoms with Crippen molar-refractivity contribution in [2.75, 3.05) is 0 Å². The van der Waals surface area contributed by atoms with Crippen LogP contribution in [0.1, 0.15) is 5.56 Å². The maximum Gasteiger partial charge on any atom is 0.191 e. The first-order valence-electron chi connectivity index (χ1n) is 6.66. The number of nitrogens with zero attached hydrogens (tertiary/aromatic N) is 3. The monoisotopic (exact) mass is 393 g/mol. The van der Waals surface area contributed by atoms with E-state index in [1.165, 1.54) is 5.56 Å². The van der Waals surface area contributed by atoms with Crippen LogP contribution in [0.5, 0.6) is 0 Å². The van der Waals surface area contributed by atoms with Crippen molar-refractivity contribution < 1.29 is 0 Å². The maximum atomic E-state index is 5.92. The number of rotatable bonds is 4. The van der Waals surface area contributed by atoms with Crippen LogP contribution in [0.2, 0.25) is 5.02 Å². The highest BCUT2D eigenvalue weighted by Gasteiger charge is 2.11. The van der Waals surface area contributed by atoms with E-state index in [1.54, 1.807) is 11.8 Å². The molecule has 0 bridgehead atoms. The average Bonchev–Trinajstić information content (AvgIpc) is 2.89.